The second-order valence-corrected chi connectivity index (χ2v) is 3.81. The quantitative estimate of drug-likeness (QED) is 0.670. The molecule has 0 aromatic heterocycles. The summed E-state index contributed by atoms with van der Waals surface area (Å²) >= 11 is 0. The van der Waals surface area contributed by atoms with Gasteiger partial charge in [-0.2, -0.15) is 0 Å². The highest BCUT2D eigenvalue weighted by molar-refractivity contribution is 5.67. The molecule has 0 spiro atoms. The molecule has 4 N–H and O–H groups in total. The van der Waals surface area contributed by atoms with Crippen molar-refractivity contribution in [1.82, 2.24) is 0 Å². The molecular formula is C12H18N2O4. The SMILES string of the molecule is COc1ccc(NCC(N)CC(=O)O)cc1OC. The summed E-state index contributed by atoms with van der Waals surface area (Å²) in [4.78, 5) is 10.5. The van der Waals surface area contributed by atoms with E-state index in [1.54, 1.807) is 26.4 Å². The molecule has 1 atom stereocenters. The summed E-state index contributed by atoms with van der Waals surface area (Å²) in [6, 6.07) is 4.92. The first-order valence-corrected chi connectivity index (χ1v) is 5.50. The van der Waals surface area contributed by atoms with Crippen molar-refractivity contribution in [2.45, 2.75) is 12.5 Å². The Morgan fingerprint density at radius 2 is 2.06 bits per heavy atom. The number of rotatable bonds is 7. The third-order valence-electron chi connectivity index (χ3n) is 2.39. The molecule has 0 aliphatic heterocycles. The van der Waals surface area contributed by atoms with Gasteiger partial charge in [-0.1, -0.05) is 0 Å². The molecule has 6 nitrogen and oxygen atoms in total. The van der Waals surface area contributed by atoms with E-state index in [4.69, 9.17) is 20.3 Å². The van der Waals surface area contributed by atoms with Crippen LogP contribution in [0.2, 0.25) is 0 Å². The van der Waals surface area contributed by atoms with Gasteiger partial charge in [0.1, 0.15) is 0 Å². The number of nitrogens with two attached hydrogens (primary N) is 1. The van der Waals surface area contributed by atoms with Gasteiger partial charge in [0, 0.05) is 24.3 Å². The molecule has 0 aliphatic carbocycles. The number of aliphatic carboxylic acids is 1. The van der Waals surface area contributed by atoms with Gasteiger partial charge in [0.25, 0.3) is 0 Å². The number of methoxy groups -OCH3 is 2. The van der Waals surface area contributed by atoms with Gasteiger partial charge < -0.3 is 25.6 Å². The van der Waals surface area contributed by atoms with Crippen molar-refractivity contribution < 1.29 is 19.4 Å². The molecule has 0 saturated carbocycles. The molecule has 100 valence electrons. The highest BCUT2D eigenvalue weighted by Gasteiger charge is 2.09. The van der Waals surface area contributed by atoms with Crippen LogP contribution in [-0.4, -0.2) is 37.9 Å². The van der Waals surface area contributed by atoms with Crippen LogP contribution in [0.1, 0.15) is 6.42 Å². The first-order chi connectivity index (χ1) is 8.56. The molecule has 0 amide bonds. The fourth-order valence-corrected chi connectivity index (χ4v) is 1.49. The van der Waals surface area contributed by atoms with Crippen LogP contribution in [0, 0.1) is 0 Å². The van der Waals surface area contributed by atoms with Crippen LogP contribution >= 0.6 is 0 Å². The second-order valence-electron chi connectivity index (χ2n) is 3.81. The number of nitrogens with one attached hydrogen (secondary N) is 1. The lowest BCUT2D eigenvalue weighted by Crippen LogP contribution is -2.31. The lowest BCUT2D eigenvalue weighted by atomic mass is 10.2. The third kappa shape index (κ3) is 4.14. The van der Waals surface area contributed by atoms with E-state index in [2.05, 4.69) is 5.32 Å². The molecule has 0 saturated heterocycles. The summed E-state index contributed by atoms with van der Waals surface area (Å²) in [7, 11) is 3.12. The highest BCUT2D eigenvalue weighted by Crippen LogP contribution is 2.29. The van der Waals surface area contributed by atoms with Gasteiger partial charge in [0.2, 0.25) is 0 Å². The van der Waals surface area contributed by atoms with Crippen LogP contribution in [0.4, 0.5) is 5.69 Å². The Bertz CT molecular complexity index is 409. The summed E-state index contributed by atoms with van der Waals surface area (Å²) in [5.74, 6) is 0.337. The molecule has 0 fully saturated rings. The van der Waals surface area contributed by atoms with Crippen molar-refractivity contribution in [1.29, 1.82) is 0 Å². The number of carboxylic acid groups (broad SMARTS) is 1. The first-order valence-electron chi connectivity index (χ1n) is 5.50. The van der Waals surface area contributed by atoms with E-state index >= 15 is 0 Å². The zero-order valence-electron chi connectivity index (χ0n) is 10.5. The number of ether oxygens (including phenoxy) is 2. The van der Waals surface area contributed by atoms with Gasteiger partial charge in [-0.3, -0.25) is 4.79 Å². The van der Waals surface area contributed by atoms with Gasteiger partial charge in [-0.15, -0.1) is 0 Å². The smallest absolute Gasteiger partial charge is 0.304 e. The first kappa shape index (κ1) is 14.1. The predicted octanol–water partition coefficient (Wildman–Crippen LogP) is 0.918. The van der Waals surface area contributed by atoms with E-state index in [0.717, 1.165) is 5.69 Å². The molecule has 0 heterocycles. The fourth-order valence-electron chi connectivity index (χ4n) is 1.49. The predicted molar refractivity (Wildman–Crippen MR) is 68.3 cm³/mol. The molecule has 1 unspecified atom stereocenters. The molecule has 0 aliphatic rings. The lowest BCUT2D eigenvalue weighted by Gasteiger charge is -2.13. The van der Waals surface area contributed by atoms with Gasteiger partial charge >= 0.3 is 5.97 Å². The minimum atomic E-state index is -0.906. The van der Waals surface area contributed by atoms with Crippen molar-refractivity contribution >= 4 is 11.7 Å². The largest absolute Gasteiger partial charge is 0.493 e. The third-order valence-corrected chi connectivity index (χ3v) is 2.39. The molecule has 0 radical (unpaired) electrons. The molecule has 6 heteroatoms. The number of hydrogen-bond donors (Lipinski definition) is 3. The monoisotopic (exact) mass is 254 g/mol. The average Bonchev–Trinajstić information content (AvgIpc) is 2.35. The zero-order valence-corrected chi connectivity index (χ0v) is 10.5. The van der Waals surface area contributed by atoms with Crippen molar-refractivity contribution in [2.75, 3.05) is 26.1 Å². The number of benzene rings is 1. The second kappa shape index (κ2) is 6.70. The normalized spacial score (nSPS) is 11.7. The van der Waals surface area contributed by atoms with Crippen LogP contribution in [-0.2, 0) is 4.79 Å². The average molecular weight is 254 g/mol. The van der Waals surface area contributed by atoms with Crippen LogP contribution in [0.25, 0.3) is 0 Å². The van der Waals surface area contributed by atoms with Crippen molar-refractivity contribution in [3.63, 3.8) is 0 Å². The summed E-state index contributed by atoms with van der Waals surface area (Å²) in [5, 5.41) is 11.6. The standard InChI is InChI=1S/C12H18N2O4/c1-17-10-4-3-9(6-11(10)18-2)14-7-8(13)5-12(15)16/h3-4,6,8,14H,5,7,13H2,1-2H3,(H,15,16). The molecular weight excluding hydrogens is 236 g/mol. The Labute approximate surface area is 106 Å². The molecule has 0 bridgehead atoms. The summed E-state index contributed by atoms with van der Waals surface area (Å²) < 4.78 is 10.3. The van der Waals surface area contributed by atoms with Gasteiger partial charge in [-0.25, -0.2) is 0 Å². The maximum Gasteiger partial charge on any atom is 0.304 e. The molecule has 1 rings (SSSR count). The van der Waals surface area contributed by atoms with Crippen LogP contribution in [0.5, 0.6) is 11.5 Å². The zero-order chi connectivity index (χ0) is 13.5. The number of hydrogen-bond acceptors (Lipinski definition) is 5. The maximum atomic E-state index is 10.5. The Balaban J connectivity index is 2.60. The van der Waals surface area contributed by atoms with Gasteiger partial charge in [0.05, 0.1) is 20.6 Å². The number of carboxylic acids is 1. The van der Waals surface area contributed by atoms with Crippen molar-refractivity contribution in [2.24, 2.45) is 5.73 Å². The summed E-state index contributed by atoms with van der Waals surface area (Å²) in [6.07, 6.45) is -0.0692. The van der Waals surface area contributed by atoms with Crippen molar-refractivity contribution in [3.05, 3.63) is 18.2 Å². The van der Waals surface area contributed by atoms with Crippen LogP contribution in [0.15, 0.2) is 18.2 Å². The topological polar surface area (TPSA) is 93.8 Å². The highest BCUT2D eigenvalue weighted by atomic mass is 16.5. The number of carbonyl (C=O) groups is 1. The Morgan fingerprint density at radius 1 is 1.39 bits per heavy atom. The van der Waals surface area contributed by atoms with Crippen LogP contribution < -0.4 is 20.5 Å². The molecule has 18 heavy (non-hydrogen) atoms. The van der Waals surface area contributed by atoms with E-state index in [1.807, 2.05) is 6.07 Å². The maximum absolute atomic E-state index is 10.5. The van der Waals surface area contributed by atoms with E-state index in [9.17, 15) is 4.79 Å². The Kier molecular flexibility index (Phi) is 5.26. The lowest BCUT2D eigenvalue weighted by molar-refractivity contribution is -0.137. The van der Waals surface area contributed by atoms with Gasteiger partial charge in [-0.05, 0) is 12.1 Å². The van der Waals surface area contributed by atoms with Gasteiger partial charge in [0.15, 0.2) is 11.5 Å². The fraction of sp³-hybridized carbons (Fsp3) is 0.417. The minimum absolute atomic E-state index is 0.0692. The Hall–Kier alpha value is -1.95. The summed E-state index contributed by atoms with van der Waals surface area (Å²) in [5.41, 5.74) is 6.45. The van der Waals surface area contributed by atoms with E-state index in [-0.39, 0.29) is 6.42 Å². The van der Waals surface area contributed by atoms with E-state index < -0.39 is 12.0 Å². The summed E-state index contributed by atoms with van der Waals surface area (Å²) in [6.45, 7) is 0.377. The van der Waals surface area contributed by atoms with Crippen LogP contribution in [0.3, 0.4) is 0 Å². The number of anilines is 1. The van der Waals surface area contributed by atoms with E-state index in [1.165, 1.54) is 0 Å². The van der Waals surface area contributed by atoms with E-state index in [0.29, 0.717) is 18.0 Å². The molecule has 1 aromatic carbocycles. The van der Waals surface area contributed by atoms with Crippen molar-refractivity contribution in [3.8, 4) is 11.5 Å². The Morgan fingerprint density at radius 3 is 2.61 bits per heavy atom. The molecule has 1 aromatic rings. The minimum Gasteiger partial charge on any atom is -0.493 e.